The second-order valence-electron chi connectivity index (χ2n) is 18.0. The third-order valence-electron chi connectivity index (χ3n) is 12.6. The number of amides is 1. The van der Waals surface area contributed by atoms with Crippen molar-refractivity contribution in [3.63, 3.8) is 0 Å². The molecule has 59 heavy (non-hydrogen) atoms. The molecule has 0 spiro atoms. The quantitative estimate of drug-likeness (QED) is 0.0716. The Hall–Kier alpha value is -3.16. The van der Waals surface area contributed by atoms with Gasteiger partial charge >= 0.3 is 30.0 Å². The monoisotopic (exact) mass is 871 g/mol. The zero-order valence-electron chi connectivity index (χ0n) is 36.2. The van der Waals surface area contributed by atoms with Crippen molar-refractivity contribution >= 4 is 57.3 Å². The molecule has 3 aliphatic carbocycles. The molecule has 2 saturated carbocycles. The minimum absolute atomic E-state index is 0.0264. The Balaban J connectivity index is 1.95. The molecule has 4 N–H and O–H groups in total. The molecule has 1 amide bonds. The van der Waals surface area contributed by atoms with Crippen LogP contribution < -0.4 is 5.32 Å². The van der Waals surface area contributed by atoms with E-state index in [-0.39, 0.29) is 30.6 Å². The summed E-state index contributed by atoms with van der Waals surface area (Å²) in [6, 6.07) is -1.33. The molecular weight excluding hydrogens is 811 g/mol. The van der Waals surface area contributed by atoms with E-state index in [1.807, 2.05) is 6.26 Å². The molecule has 16 nitrogen and oxygen atoms in total. The van der Waals surface area contributed by atoms with Crippen molar-refractivity contribution in [1.82, 2.24) is 5.32 Å². The molecule has 18 heteroatoms. The molecule has 4 rings (SSSR count). The summed E-state index contributed by atoms with van der Waals surface area (Å²) in [7, 11) is 2.89. The average molecular weight is 872 g/mol. The Bertz CT molecular complexity index is 1770. The number of carbonyl (C=O) groups excluding carboxylic acids is 6. The number of ketones is 1. The first-order valence-electron chi connectivity index (χ1n) is 19.6. The van der Waals surface area contributed by atoms with Gasteiger partial charge in [-0.1, -0.05) is 54.0 Å². The number of alkyl carbamates (subject to hydrolysis) is 1. The molecule has 1 saturated heterocycles. The van der Waals surface area contributed by atoms with Gasteiger partial charge in [0.2, 0.25) is 0 Å². The first kappa shape index (κ1) is 48.5. The van der Waals surface area contributed by atoms with Crippen LogP contribution in [0.1, 0.15) is 102 Å². The van der Waals surface area contributed by atoms with Crippen LogP contribution in [0.15, 0.2) is 22.8 Å². The van der Waals surface area contributed by atoms with Crippen molar-refractivity contribution in [3.8, 4) is 0 Å². The van der Waals surface area contributed by atoms with Crippen molar-refractivity contribution in [2.75, 3.05) is 18.6 Å². The van der Waals surface area contributed by atoms with Crippen molar-refractivity contribution in [2.24, 2.45) is 16.2 Å². The van der Waals surface area contributed by atoms with E-state index in [2.05, 4.69) is 5.32 Å². The van der Waals surface area contributed by atoms with Gasteiger partial charge in [-0.2, -0.15) is 0 Å². The van der Waals surface area contributed by atoms with Crippen LogP contribution >= 0.6 is 21.6 Å². The summed E-state index contributed by atoms with van der Waals surface area (Å²) in [6.07, 6.45) is -8.00. The Morgan fingerprint density at radius 2 is 1.64 bits per heavy atom. The van der Waals surface area contributed by atoms with E-state index in [9.17, 15) is 39.3 Å². The molecule has 11 atom stereocenters. The second-order valence-corrected chi connectivity index (χ2v) is 20.7. The van der Waals surface area contributed by atoms with Gasteiger partial charge in [-0.15, -0.1) is 0 Å². The Morgan fingerprint density at radius 3 is 2.15 bits per heavy atom. The molecule has 3 fully saturated rings. The maximum absolute atomic E-state index is 15.4. The SMILES string of the molecule is CSSCCC(=O)O[C@H]1C[C@H]2OC[C@@]2(OC(C)=O)[C@@]2(C)[C@H](OC(C)=O)[C@]3(O)C[C@H](OC(=O)[C@H](O)[C@H](C=C(C)C)NC(=O)OC(C)(C)C)C(C)=C([C@@H](O)C(=O)[C@]12C)C3(C)C. The third kappa shape index (κ3) is 8.55. The van der Waals surface area contributed by atoms with Crippen molar-refractivity contribution < 1.29 is 72.5 Å². The third-order valence-corrected chi connectivity index (χ3v) is 14.4. The van der Waals surface area contributed by atoms with Gasteiger partial charge in [0, 0.05) is 37.9 Å². The summed E-state index contributed by atoms with van der Waals surface area (Å²) in [4.78, 5) is 81.8. The van der Waals surface area contributed by atoms with Gasteiger partial charge < -0.3 is 49.1 Å². The number of aliphatic hydroxyl groups is 3. The Labute approximate surface area is 353 Å². The summed E-state index contributed by atoms with van der Waals surface area (Å²) < 4.78 is 35.6. The maximum atomic E-state index is 15.4. The van der Waals surface area contributed by atoms with E-state index in [4.69, 9.17) is 28.4 Å². The van der Waals surface area contributed by atoms with Crippen LogP contribution in [-0.2, 0) is 52.4 Å². The van der Waals surface area contributed by atoms with Crippen molar-refractivity contribution in [3.05, 3.63) is 22.8 Å². The maximum Gasteiger partial charge on any atom is 0.408 e. The number of nitrogens with one attached hydrogen (secondary N) is 1. The van der Waals surface area contributed by atoms with Crippen LogP contribution in [0.3, 0.4) is 0 Å². The number of fused-ring (bicyclic) bond motifs is 5. The van der Waals surface area contributed by atoms with E-state index in [1.54, 1.807) is 48.5 Å². The molecule has 0 unspecified atom stereocenters. The number of carbonyl (C=O) groups is 6. The van der Waals surface area contributed by atoms with Crippen LogP contribution in [0.5, 0.6) is 0 Å². The fourth-order valence-corrected chi connectivity index (χ4v) is 10.8. The highest BCUT2D eigenvalue weighted by Crippen LogP contribution is 2.70. The summed E-state index contributed by atoms with van der Waals surface area (Å²) in [5, 5.41) is 39.8. The lowest BCUT2D eigenvalue weighted by atomic mass is 9.38. The Kier molecular flexibility index (Phi) is 14.2. The number of hydrogen-bond acceptors (Lipinski definition) is 17. The van der Waals surface area contributed by atoms with Gasteiger partial charge in [0.1, 0.15) is 41.7 Å². The highest BCUT2D eigenvalue weighted by molar-refractivity contribution is 8.76. The van der Waals surface area contributed by atoms with Crippen LogP contribution in [0.4, 0.5) is 4.79 Å². The predicted molar refractivity (Wildman–Crippen MR) is 217 cm³/mol. The summed E-state index contributed by atoms with van der Waals surface area (Å²) in [6.45, 7) is 17.8. The number of Topliss-reactive ketones (excluding diaryl/α,β-unsaturated/α-hetero) is 1. The number of ether oxygens (including phenoxy) is 6. The fraction of sp³-hybridized carbons (Fsp3) is 0.756. The van der Waals surface area contributed by atoms with Crippen LogP contribution in [0, 0.1) is 16.2 Å². The molecule has 0 aromatic rings. The van der Waals surface area contributed by atoms with Gasteiger partial charge in [-0.05, 0) is 65.9 Å². The van der Waals surface area contributed by atoms with Gasteiger partial charge in [0.15, 0.2) is 17.5 Å². The topological polar surface area (TPSA) is 231 Å². The second kappa shape index (κ2) is 17.3. The number of esters is 4. The van der Waals surface area contributed by atoms with E-state index >= 15 is 4.79 Å². The van der Waals surface area contributed by atoms with E-state index in [0.717, 1.165) is 13.8 Å². The summed E-state index contributed by atoms with van der Waals surface area (Å²) >= 11 is 0. The minimum atomic E-state index is -2.36. The lowest BCUT2D eigenvalue weighted by molar-refractivity contribution is -0.381. The predicted octanol–water partition coefficient (Wildman–Crippen LogP) is 3.90. The lowest BCUT2D eigenvalue weighted by Gasteiger charge is -2.72. The first-order chi connectivity index (χ1) is 27.0. The number of aliphatic hydroxyl groups excluding tert-OH is 2. The van der Waals surface area contributed by atoms with Crippen molar-refractivity contribution in [2.45, 2.75) is 162 Å². The zero-order valence-corrected chi connectivity index (χ0v) is 37.8. The van der Waals surface area contributed by atoms with Crippen LogP contribution in [0.2, 0.25) is 0 Å². The van der Waals surface area contributed by atoms with Gasteiger partial charge in [-0.25, -0.2) is 9.59 Å². The standard InChI is InChI=1S/C41H61NO15S2/c1-20(2)16-24(42-35(50)57-36(6,7)8)30(46)33(49)54-25-18-40(51)34(53-22(4)43)39(12)38(11,32(48)31(47)29(21(25)3)37(40,9)10)26(55-28(45)14-15-59-58-13)17-27-41(39,19-52-27)56-23(5)44/h16,24-27,30-31,34,46-47,51H,14-15,17-19H2,1-13H3,(H,42,50)/t24-,25-,26-,27+,30+,31+,34-,38-,39-,40+,41-/m0/s1. The Morgan fingerprint density at radius 1 is 1.02 bits per heavy atom. The van der Waals surface area contributed by atoms with E-state index in [1.165, 1.54) is 48.4 Å². The highest BCUT2D eigenvalue weighted by atomic mass is 33.1. The molecular formula is C41H61NO15S2. The number of hydrogen-bond donors (Lipinski definition) is 4. The normalized spacial score (nSPS) is 34.5. The molecule has 1 heterocycles. The first-order valence-corrected chi connectivity index (χ1v) is 22.3. The smallest absolute Gasteiger partial charge is 0.408 e. The van der Waals surface area contributed by atoms with Crippen LogP contribution in [-0.4, -0.2) is 129 Å². The summed E-state index contributed by atoms with van der Waals surface area (Å²) in [5.74, 6) is -4.06. The zero-order chi connectivity index (χ0) is 44.8. The highest BCUT2D eigenvalue weighted by Gasteiger charge is 2.84. The molecule has 0 aromatic carbocycles. The number of allylic oxidation sites excluding steroid dienone is 1. The number of rotatable bonds is 12. The van der Waals surface area contributed by atoms with Gasteiger partial charge in [0.05, 0.1) is 29.9 Å². The lowest BCUT2D eigenvalue weighted by Crippen LogP contribution is -2.86. The van der Waals surface area contributed by atoms with Crippen molar-refractivity contribution in [1.29, 1.82) is 0 Å². The molecule has 4 aliphatic rings. The minimum Gasteiger partial charge on any atom is -0.461 e. The van der Waals surface area contributed by atoms with Gasteiger partial charge in [-0.3, -0.25) is 19.2 Å². The van der Waals surface area contributed by atoms with E-state index in [0.29, 0.717) is 11.3 Å². The van der Waals surface area contributed by atoms with Gasteiger partial charge in [0.25, 0.3) is 0 Å². The van der Waals surface area contributed by atoms with Crippen LogP contribution in [0.25, 0.3) is 0 Å². The molecule has 1 aliphatic heterocycles. The average Bonchev–Trinajstić information content (AvgIpc) is 3.09. The summed E-state index contributed by atoms with van der Waals surface area (Å²) in [5.41, 5.74) is -10.0. The molecule has 2 bridgehead atoms. The molecule has 332 valence electrons. The largest absolute Gasteiger partial charge is 0.461 e. The van der Waals surface area contributed by atoms with E-state index < -0.39 is 118 Å². The molecule has 0 aromatic heterocycles. The fourth-order valence-electron chi connectivity index (χ4n) is 9.62. The molecule has 0 radical (unpaired) electrons.